The number of sulfonamides is 1. The van der Waals surface area contributed by atoms with E-state index in [4.69, 9.17) is 0 Å². The second kappa shape index (κ2) is 5.35. The summed E-state index contributed by atoms with van der Waals surface area (Å²) >= 11 is 2.49. The van der Waals surface area contributed by atoms with Gasteiger partial charge in [0.15, 0.2) is 5.13 Å². The van der Waals surface area contributed by atoms with E-state index in [2.05, 4.69) is 9.71 Å². The van der Waals surface area contributed by atoms with Gasteiger partial charge in [0, 0.05) is 6.20 Å². The largest absolute Gasteiger partial charge is 0.273 e. The quantitative estimate of drug-likeness (QED) is 0.797. The second-order valence-electron chi connectivity index (χ2n) is 3.93. The van der Waals surface area contributed by atoms with Gasteiger partial charge in [0.25, 0.3) is 10.0 Å². The molecule has 0 spiro atoms. The smallest absolute Gasteiger partial charge is 0.254 e. The number of anilines is 1. The Morgan fingerprint density at radius 1 is 1.05 bits per heavy atom. The molecule has 0 unspecified atom stereocenters. The summed E-state index contributed by atoms with van der Waals surface area (Å²) < 4.78 is 26.9. The highest BCUT2D eigenvalue weighted by atomic mass is 32.2. The van der Waals surface area contributed by atoms with Gasteiger partial charge in [-0.25, -0.2) is 13.4 Å². The molecule has 2 heterocycles. The number of nitrogens with zero attached hydrogens (tertiary/aromatic N) is 1. The number of nitrogens with one attached hydrogen (secondary N) is 1. The Morgan fingerprint density at radius 3 is 2.55 bits per heavy atom. The van der Waals surface area contributed by atoms with E-state index in [0.29, 0.717) is 5.13 Å². The molecule has 4 nitrogen and oxygen atoms in total. The second-order valence-corrected chi connectivity index (χ2v) is 7.82. The van der Waals surface area contributed by atoms with Crippen LogP contribution in [-0.2, 0) is 10.0 Å². The van der Waals surface area contributed by atoms with Crippen LogP contribution in [0.5, 0.6) is 0 Å². The Hall–Kier alpha value is -1.70. The Kier molecular flexibility index (Phi) is 3.56. The molecule has 3 rings (SSSR count). The normalized spacial score (nSPS) is 11.4. The zero-order valence-electron chi connectivity index (χ0n) is 10.2. The molecular formula is C13H10N2O2S3. The highest BCUT2D eigenvalue weighted by molar-refractivity contribution is 7.94. The molecular weight excluding hydrogens is 312 g/mol. The Balaban J connectivity index is 1.85. The Morgan fingerprint density at radius 2 is 1.85 bits per heavy atom. The number of rotatable bonds is 4. The van der Waals surface area contributed by atoms with Crippen LogP contribution in [0.4, 0.5) is 5.13 Å². The van der Waals surface area contributed by atoms with Crippen LogP contribution in [-0.4, -0.2) is 13.4 Å². The van der Waals surface area contributed by atoms with Crippen LogP contribution in [0.15, 0.2) is 58.3 Å². The topological polar surface area (TPSA) is 59.1 Å². The van der Waals surface area contributed by atoms with Gasteiger partial charge in [-0.3, -0.25) is 4.72 Å². The van der Waals surface area contributed by atoms with E-state index in [9.17, 15) is 8.42 Å². The van der Waals surface area contributed by atoms with Gasteiger partial charge >= 0.3 is 0 Å². The van der Waals surface area contributed by atoms with Crippen LogP contribution in [0.2, 0.25) is 0 Å². The van der Waals surface area contributed by atoms with Gasteiger partial charge < -0.3 is 0 Å². The van der Waals surface area contributed by atoms with Crippen molar-refractivity contribution in [2.45, 2.75) is 4.21 Å². The third-order valence-electron chi connectivity index (χ3n) is 2.55. The summed E-state index contributed by atoms with van der Waals surface area (Å²) in [6.07, 6.45) is 1.67. The molecule has 0 bridgehead atoms. The maximum atomic E-state index is 12.1. The van der Waals surface area contributed by atoms with E-state index >= 15 is 0 Å². The van der Waals surface area contributed by atoms with Gasteiger partial charge in [-0.05, 0) is 17.0 Å². The maximum Gasteiger partial charge on any atom is 0.273 e. The van der Waals surface area contributed by atoms with E-state index in [1.165, 1.54) is 22.7 Å². The van der Waals surface area contributed by atoms with Crippen molar-refractivity contribution in [1.82, 2.24) is 4.98 Å². The molecule has 0 saturated carbocycles. The number of aromatic nitrogens is 1. The minimum absolute atomic E-state index is 0.286. The SMILES string of the molecule is O=S(=O)(Nc1ncc(-c2ccccc2)s1)c1cccs1. The van der Waals surface area contributed by atoms with Crippen molar-refractivity contribution in [2.75, 3.05) is 4.72 Å². The Bertz CT molecular complexity index is 793. The molecule has 0 aliphatic rings. The lowest BCUT2D eigenvalue weighted by Gasteiger charge is -2.01. The first-order valence-corrected chi connectivity index (χ1v) is 8.91. The van der Waals surface area contributed by atoms with Gasteiger partial charge in [-0.2, -0.15) is 0 Å². The third kappa shape index (κ3) is 2.74. The van der Waals surface area contributed by atoms with Crippen molar-refractivity contribution >= 4 is 37.8 Å². The van der Waals surface area contributed by atoms with Crippen molar-refractivity contribution in [3.05, 3.63) is 54.0 Å². The highest BCUT2D eigenvalue weighted by Gasteiger charge is 2.17. The fourth-order valence-electron chi connectivity index (χ4n) is 1.64. The zero-order valence-corrected chi connectivity index (χ0v) is 12.6. The lowest BCUT2D eigenvalue weighted by molar-refractivity contribution is 0.603. The molecule has 7 heteroatoms. The van der Waals surface area contributed by atoms with Crippen molar-refractivity contribution in [2.24, 2.45) is 0 Å². The lowest BCUT2D eigenvalue weighted by atomic mass is 10.2. The number of thiazole rings is 1. The molecule has 0 fully saturated rings. The molecule has 3 aromatic rings. The van der Waals surface area contributed by atoms with Crippen LogP contribution in [0.1, 0.15) is 0 Å². The van der Waals surface area contributed by atoms with Gasteiger partial charge in [-0.1, -0.05) is 47.7 Å². The van der Waals surface area contributed by atoms with Crippen LogP contribution in [0.3, 0.4) is 0 Å². The summed E-state index contributed by atoms with van der Waals surface area (Å²) in [5.41, 5.74) is 1.02. The first-order chi connectivity index (χ1) is 9.65. The van der Waals surface area contributed by atoms with Crippen molar-refractivity contribution in [1.29, 1.82) is 0 Å². The fourth-order valence-corrected chi connectivity index (χ4v) is 4.70. The van der Waals surface area contributed by atoms with Crippen LogP contribution < -0.4 is 4.72 Å². The summed E-state index contributed by atoms with van der Waals surface area (Å²) in [6.45, 7) is 0. The molecule has 0 aliphatic carbocycles. The van der Waals surface area contributed by atoms with E-state index < -0.39 is 10.0 Å². The average molecular weight is 322 g/mol. The van der Waals surface area contributed by atoms with Crippen LogP contribution in [0.25, 0.3) is 10.4 Å². The molecule has 1 N–H and O–H groups in total. The minimum atomic E-state index is -3.52. The maximum absolute atomic E-state index is 12.1. The number of thiophene rings is 1. The molecule has 102 valence electrons. The van der Waals surface area contributed by atoms with E-state index in [0.717, 1.165) is 10.4 Å². The first-order valence-electron chi connectivity index (χ1n) is 5.73. The number of benzene rings is 1. The number of hydrogen-bond acceptors (Lipinski definition) is 5. The molecule has 0 atom stereocenters. The van der Waals surface area contributed by atoms with E-state index in [-0.39, 0.29) is 4.21 Å². The highest BCUT2D eigenvalue weighted by Crippen LogP contribution is 2.30. The van der Waals surface area contributed by atoms with Crippen molar-refractivity contribution in [3.63, 3.8) is 0 Å². The fraction of sp³-hybridized carbons (Fsp3) is 0. The predicted molar refractivity (Wildman–Crippen MR) is 82.7 cm³/mol. The standard InChI is InChI=1S/C13H10N2O2S3/c16-20(17,12-7-4-8-18-12)15-13-14-9-11(19-13)10-5-2-1-3-6-10/h1-9H,(H,14,15). The summed E-state index contributed by atoms with van der Waals surface area (Å²) in [6, 6.07) is 13.0. The molecule has 2 aromatic heterocycles. The van der Waals surface area contributed by atoms with Crippen LogP contribution >= 0.6 is 22.7 Å². The molecule has 0 amide bonds. The summed E-state index contributed by atoms with van der Waals surface area (Å²) in [4.78, 5) is 5.05. The molecule has 20 heavy (non-hydrogen) atoms. The molecule has 0 saturated heterocycles. The molecule has 0 radical (unpaired) electrons. The Labute approximate surface area is 124 Å². The lowest BCUT2D eigenvalue weighted by Crippen LogP contribution is -2.10. The molecule has 0 aliphatic heterocycles. The average Bonchev–Trinajstić information content (AvgIpc) is 3.10. The van der Waals surface area contributed by atoms with Gasteiger partial charge in [0.2, 0.25) is 0 Å². The number of hydrogen-bond donors (Lipinski definition) is 1. The van der Waals surface area contributed by atoms with E-state index in [1.54, 1.807) is 23.7 Å². The molecule has 1 aromatic carbocycles. The third-order valence-corrected chi connectivity index (χ3v) is 6.37. The first kappa shape index (κ1) is 13.3. The van der Waals surface area contributed by atoms with Gasteiger partial charge in [0.05, 0.1) is 4.88 Å². The summed E-state index contributed by atoms with van der Waals surface area (Å²) in [7, 11) is -3.52. The monoisotopic (exact) mass is 322 g/mol. The summed E-state index contributed by atoms with van der Waals surface area (Å²) in [5.74, 6) is 0. The van der Waals surface area contributed by atoms with Gasteiger partial charge in [0.1, 0.15) is 4.21 Å². The minimum Gasteiger partial charge on any atom is -0.254 e. The van der Waals surface area contributed by atoms with Gasteiger partial charge in [-0.15, -0.1) is 11.3 Å². The zero-order chi connectivity index (χ0) is 14.0. The van der Waals surface area contributed by atoms with Crippen molar-refractivity contribution < 1.29 is 8.42 Å². The van der Waals surface area contributed by atoms with Crippen molar-refractivity contribution in [3.8, 4) is 10.4 Å². The predicted octanol–water partition coefficient (Wildman–Crippen LogP) is 3.67. The van der Waals surface area contributed by atoms with E-state index in [1.807, 2.05) is 30.3 Å². The van der Waals surface area contributed by atoms with Crippen LogP contribution in [0, 0.1) is 0 Å². The summed E-state index contributed by atoms with van der Waals surface area (Å²) in [5, 5.41) is 2.10.